The number of piperidine rings is 2. The van der Waals surface area contributed by atoms with Gasteiger partial charge in [0.1, 0.15) is 12.1 Å². The van der Waals surface area contributed by atoms with Crippen molar-refractivity contribution in [1.82, 2.24) is 31.1 Å². The number of urea groups is 1. The molecule has 6 atom stereocenters. The number of nitrogens with zero attached hydrogens (tertiary/aromatic N) is 2. The van der Waals surface area contributed by atoms with Gasteiger partial charge in [-0.3, -0.25) is 24.0 Å². The molecule has 4 rings (SSSR count). The average Bonchev–Trinajstić information content (AvgIpc) is 3.33. The lowest BCUT2D eigenvalue weighted by atomic mass is 9.86. The van der Waals surface area contributed by atoms with Crippen LogP contribution in [0.5, 0.6) is 0 Å². The van der Waals surface area contributed by atoms with Gasteiger partial charge in [-0.1, -0.05) is 79.2 Å². The Morgan fingerprint density at radius 2 is 1.67 bits per heavy atom. The molecule has 1 saturated carbocycles. The molecule has 0 aromatic heterocycles. The highest BCUT2D eigenvalue weighted by molar-refractivity contribution is 6.38. The fourth-order valence-electron chi connectivity index (χ4n) is 7.78. The predicted molar refractivity (Wildman–Crippen MR) is 182 cm³/mol. The topological polar surface area (TPSA) is 157 Å². The van der Waals surface area contributed by atoms with E-state index < -0.39 is 41.8 Å². The second kappa shape index (κ2) is 15.8. The van der Waals surface area contributed by atoms with E-state index in [1.807, 2.05) is 25.7 Å². The van der Waals surface area contributed by atoms with Crippen molar-refractivity contribution in [3.63, 3.8) is 0 Å². The van der Waals surface area contributed by atoms with E-state index in [2.05, 4.69) is 41.7 Å². The third-order valence-electron chi connectivity index (χ3n) is 11.0. The summed E-state index contributed by atoms with van der Waals surface area (Å²) in [7, 11) is 0. The van der Waals surface area contributed by atoms with E-state index in [1.165, 1.54) is 6.08 Å². The highest BCUT2D eigenvalue weighted by Gasteiger charge is 2.69. The maximum Gasteiger partial charge on any atom is 0.315 e. The van der Waals surface area contributed by atoms with Crippen LogP contribution in [-0.2, 0) is 24.0 Å². The summed E-state index contributed by atoms with van der Waals surface area (Å²) in [6, 6.07) is -3.46. The van der Waals surface area contributed by atoms with Crippen LogP contribution < -0.4 is 21.3 Å². The molecule has 0 radical (unpaired) electrons. The van der Waals surface area contributed by atoms with Crippen LogP contribution in [0.25, 0.3) is 0 Å². The number of hydrogen-bond acceptors (Lipinski definition) is 6. The monoisotopic (exact) mass is 670 g/mol. The summed E-state index contributed by atoms with van der Waals surface area (Å²) in [5.74, 6) is -2.10. The molecule has 3 aliphatic heterocycles. The molecule has 4 N–H and O–H groups in total. The molecule has 0 spiro atoms. The van der Waals surface area contributed by atoms with E-state index in [-0.39, 0.29) is 47.1 Å². The van der Waals surface area contributed by atoms with E-state index >= 15 is 0 Å². The van der Waals surface area contributed by atoms with Crippen LogP contribution in [0.15, 0.2) is 12.7 Å². The van der Waals surface area contributed by atoms with E-state index in [0.717, 1.165) is 44.9 Å². The number of carbonyl (C=O) groups is 6. The Hall–Kier alpha value is -3.44. The first-order valence-electron chi connectivity index (χ1n) is 18.1. The number of nitrogens with one attached hydrogen (secondary N) is 4. The summed E-state index contributed by atoms with van der Waals surface area (Å²) in [6.07, 6.45) is 9.57. The lowest BCUT2D eigenvalue weighted by molar-refractivity contribution is -0.144. The van der Waals surface area contributed by atoms with Gasteiger partial charge in [-0.25, -0.2) is 4.79 Å². The number of hydrogen-bond donors (Lipinski definition) is 4. The van der Waals surface area contributed by atoms with Crippen molar-refractivity contribution in [2.45, 2.75) is 129 Å². The van der Waals surface area contributed by atoms with Crippen LogP contribution in [-0.4, -0.2) is 95.6 Å². The van der Waals surface area contributed by atoms with E-state index in [1.54, 1.807) is 4.90 Å². The predicted octanol–water partition coefficient (Wildman–Crippen LogP) is 3.05. The number of amides is 6. The molecule has 0 bridgehead atoms. The molecule has 6 amide bonds. The molecule has 0 unspecified atom stereocenters. The number of rotatable bonds is 8. The van der Waals surface area contributed by atoms with Crippen molar-refractivity contribution in [3.8, 4) is 0 Å². The molecular formula is C36H58N6O6. The zero-order valence-electron chi connectivity index (χ0n) is 29.7. The molecule has 3 saturated heterocycles. The Labute approximate surface area is 285 Å². The average molecular weight is 671 g/mol. The standard InChI is InChI=1S/C36H58N6O6/c1-7-19-37-32(46)30(44)24-16-12-10-8-9-11-13-17-25(33(47)42-21-23-28(36(23,5)6)29(42)31(45)38-24)39-34(48)40-26(35(2,3)4)22-41-20-15-14-18-27(41)43/h7,23-26,28-29H,1,8-22H2,2-6H3,(H,37,46)(H,38,45)(H2,39,40,48)/t23-,24-,25-,26+,28-,29-/m0/s1. The van der Waals surface area contributed by atoms with Gasteiger partial charge < -0.3 is 31.1 Å². The Balaban J connectivity index is 1.54. The summed E-state index contributed by atoms with van der Waals surface area (Å²) < 4.78 is 0. The van der Waals surface area contributed by atoms with Gasteiger partial charge in [0.05, 0.1) is 12.1 Å². The van der Waals surface area contributed by atoms with Crippen molar-refractivity contribution in [3.05, 3.63) is 12.7 Å². The van der Waals surface area contributed by atoms with Crippen molar-refractivity contribution < 1.29 is 28.8 Å². The first kappa shape index (κ1) is 37.4. The maximum absolute atomic E-state index is 14.3. The third-order valence-corrected chi connectivity index (χ3v) is 11.0. The Morgan fingerprint density at radius 3 is 2.31 bits per heavy atom. The number of ketones is 1. The molecule has 12 nitrogen and oxygen atoms in total. The molecule has 48 heavy (non-hydrogen) atoms. The van der Waals surface area contributed by atoms with E-state index in [4.69, 9.17) is 0 Å². The fourth-order valence-corrected chi connectivity index (χ4v) is 7.78. The Morgan fingerprint density at radius 1 is 1.00 bits per heavy atom. The van der Waals surface area contributed by atoms with Gasteiger partial charge in [-0.05, 0) is 48.3 Å². The van der Waals surface area contributed by atoms with Gasteiger partial charge >= 0.3 is 6.03 Å². The van der Waals surface area contributed by atoms with Crippen LogP contribution >= 0.6 is 0 Å². The minimum atomic E-state index is -0.994. The van der Waals surface area contributed by atoms with E-state index in [0.29, 0.717) is 45.3 Å². The summed E-state index contributed by atoms with van der Waals surface area (Å²) in [4.78, 5) is 83.7. The smallest absolute Gasteiger partial charge is 0.315 e. The number of Topliss-reactive ketones (excluding diaryl/α,β-unsaturated/α-hetero) is 1. The van der Waals surface area contributed by atoms with Gasteiger partial charge in [0.15, 0.2) is 0 Å². The van der Waals surface area contributed by atoms with Crippen LogP contribution in [0.1, 0.15) is 105 Å². The summed E-state index contributed by atoms with van der Waals surface area (Å²) in [6.45, 7) is 15.4. The van der Waals surface area contributed by atoms with Crippen molar-refractivity contribution in [2.24, 2.45) is 22.7 Å². The van der Waals surface area contributed by atoms with Gasteiger partial charge in [-0.2, -0.15) is 0 Å². The van der Waals surface area contributed by atoms with Crippen LogP contribution in [0, 0.1) is 22.7 Å². The minimum absolute atomic E-state index is 0.0932. The van der Waals surface area contributed by atoms with Crippen LogP contribution in [0.2, 0.25) is 0 Å². The quantitative estimate of drug-likeness (QED) is 0.230. The summed E-state index contributed by atoms with van der Waals surface area (Å²) >= 11 is 0. The Kier molecular flexibility index (Phi) is 12.3. The first-order valence-corrected chi connectivity index (χ1v) is 18.1. The molecule has 0 aromatic rings. The number of likely N-dealkylation sites (tertiary alicyclic amines) is 1. The third kappa shape index (κ3) is 8.96. The molecule has 12 heteroatoms. The van der Waals surface area contributed by atoms with Crippen LogP contribution in [0.3, 0.4) is 0 Å². The van der Waals surface area contributed by atoms with Crippen molar-refractivity contribution in [1.29, 1.82) is 0 Å². The highest BCUT2D eigenvalue weighted by atomic mass is 16.2. The molecule has 4 fully saturated rings. The van der Waals surface area contributed by atoms with E-state index in [9.17, 15) is 28.8 Å². The van der Waals surface area contributed by atoms with Crippen LogP contribution in [0.4, 0.5) is 4.79 Å². The van der Waals surface area contributed by atoms with Gasteiger partial charge in [0.2, 0.25) is 23.5 Å². The highest BCUT2D eigenvalue weighted by Crippen LogP contribution is 2.65. The van der Waals surface area contributed by atoms with Crippen molar-refractivity contribution >= 4 is 35.4 Å². The summed E-state index contributed by atoms with van der Waals surface area (Å²) in [5.41, 5.74) is -0.503. The second-order valence-electron chi connectivity index (χ2n) is 15.9. The maximum atomic E-state index is 14.3. The molecule has 1 aliphatic carbocycles. The zero-order valence-corrected chi connectivity index (χ0v) is 29.7. The SMILES string of the molecule is C=CCNC(=O)C(=O)[C@@H]1CCCCCCCC[C@H](NC(=O)N[C@H](CN2CCCCC2=O)C(C)(C)C)C(=O)N2C[C@H]3[C@@H]([C@H]2C(=O)N1)C3(C)C. The first-order chi connectivity index (χ1) is 22.7. The Bertz CT molecular complexity index is 1240. The second-order valence-corrected chi connectivity index (χ2v) is 15.9. The fraction of sp³-hybridized carbons (Fsp3) is 0.778. The lowest BCUT2D eigenvalue weighted by Gasteiger charge is -2.38. The molecule has 4 aliphatic rings. The zero-order chi connectivity index (χ0) is 35.2. The molecular weight excluding hydrogens is 612 g/mol. The largest absolute Gasteiger partial charge is 0.346 e. The normalized spacial score (nSPS) is 28.9. The van der Waals surface area contributed by atoms with Gasteiger partial charge in [-0.15, -0.1) is 6.58 Å². The van der Waals surface area contributed by atoms with Gasteiger partial charge in [0.25, 0.3) is 5.91 Å². The molecule has 3 heterocycles. The number of carbonyl (C=O) groups excluding carboxylic acids is 6. The minimum Gasteiger partial charge on any atom is -0.346 e. The molecule has 0 aromatic carbocycles. The molecule has 268 valence electrons. The van der Waals surface area contributed by atoms with Crippen molar-refractivity contribution in [2.75, 3.05) is 26.2 Å². The van der Waals surface area contributed by atoms with Gasteiger partial charge in [0, 0.05) is 32.6 Å². The lowest BCUT2D eigenvalue weighted by Crippen LogP contribution is -2.60. The summed E-state index contributed by atoms with van der Waals surface area (Å²) in [5, 5.41) is 11.4. The number of fused-ring (bicyclic) bond motifs is 3.